The number of urea groups is 1. The number of nitrogens with zero attached hydrogens (tertiary/aromatic N) is 2. The molecule has 0 aliphatic carbocycles. The number of imide groups is 1. The summed E-state index contributed by atoms with van der Waals surface area (Å²) in [5, 5.41) is 5.58. The van der Waals surface area contributed by atoms with Crippen LogP contribution in [0.25, 0.3) is 0 Å². The summed E-state index contributed by atoms with van der Waals surface area (Å²) < 4.78 is 0.740. The predicted molar refractivity (Wildman–Crippen MR) is 106 cm³/mol. The average molecular weight is 437 g/mol. The van der Waals surface area contributed by atoms with E-state index < -0.39 is 17.5 Å². The van der Waals surface area contributed by atoms with Crippen LogP contribution < -0.4 is 10.6 Å². The summed E-state index contributed by atoms with van der Waals surface area (Å²) in [6.45, 7) is 6.55. The number of amides is 4. The molecular formula is C19H25BrN4O3. The molecule has 0 bridgehead atoms. The van der Waals surface area contributed by atoms with Crippen molar-refractivity contribution in [1.82, 2.24) is 15.1 Å². The number of rotatable bonds is 5. The van der Waals surface area contributed by atoms with Gasteiger partial charge in [0.25, 0.3) is 5.91 Å². The lowest BCUT2D eigenvalue weighted by Crippen LogP contribution is -2.55. The highest BCUT2D eigenvalue weighted by Crippen LogP contribution is 2.30. The fourth-order valence-electron chi connectivity index (χ4n) is 3.69. The van der Waals surface area contributed by atoms with E-state index in [1.807, 2.05) is 12.1 Å². The van der Waals surface area contributed by atoms with Crippen molar-refractivity contribution in [2.24, 2.45) is 5.92 Å². The van der Waals surface area contributed by atoms with Gasteiger partial charge in [-0.25, -0.2) is 4.79 Å². The van der Waals surface area contributed by atoms with Gasteiger partial charge in [0.15, 0.2) is 0 Å². The molecule has 1 aromatic rings. The molecule has 0 unspecified atom stereocenters. The Morgan fingerprint density at radius 2 is 1.93 bits per heavy atom. The Morgan fingerprint density at radius 3 is 2.56 bits per heavy atom. The molecule has 0 radical (unpaired) electrons. The molecule has 2 fully saturated rings. The molecule has 146 valence electrons. The van der Waals surface area contributed by atoms with Crippen molar-refractivity contribution in [1.29, 1.82) is 0 Å². The number of hydrogen-bond donors (Lipinski definition) is 2. The third-order valence-corrected chi connectivity index (χ3v) is 5.72. The molecule has 1 aromatic carbocycles. The van der Waals surface area contributed by atoms with Gasteiger partial charge in [0.05, 0.1) is 5.69 Å². The van der Waals surface area contributed by atoms with Gasteiger partial charge >= 0.3 is 6.03 Å². The fourth-order valence-corrected chi connectivity index (χ4v) is 4.07. The van der Waals surface area contributed by atoms with E-state index in [-0.39, 0.29) is 12.5 Å². The van der Waals surface area contributed by atoms with Crippen LogP contribution in [0, 0.1) is 5.92 Å². The van der Waals surface area contributed by atoms with Crippen LogP contribution in [0.1, 0.15) is 26.7 Å². The Bertz CT molecular complexity index is 744. The molecule has 2 heterocycles. The van der Waals surface area contributed by atoms with Crippen molar-refractivity contribution in [2.45, 2.75) is 32.2 Å². The van der Waals surface area contributed by atoms with Crippen molar-refractivity contribution in [2.75, 3.05) is 31.5 Å². The Morgan fingerprint density at radius 1 is 1.26 bits per heavy atom. The zero-order valence-electron chi connectivity index (χ0n) is 15.6. The fraction of sp³-hybridized carbons (Fsp3) is 0.526. The summed E-state index contributed by atoms with van der Waals surface area (Å²) in [4.78, 5) is 41.0. The minimum atomic E-state index is -0.863. The largest absolute Gasteiger partial charge is 0.325 e. The number of nitrogens with one attached hydrogen (secondary N) is 2. The smallest absolute Gasteiger partial charge is 0.324 e. The van der Waals surface area contributed by atoms with Gasteiger partial charge in [-0.05, 0) is 46.8 Å². The number of para-hydroxylation sites is 1. The molecule has 4 amide bonds. The lowest BCUT2D eigenvalue weighted by molar-refractivity contribution is -0.135. The SMILES string of the molecule is CC(C)CN1CCC2(CC1)NC(=O)N(CC(=O)Nc1ccccc1Br)C2=O. The van der Waals surface area contributed by atoms with E-state index in [0.29, 0.717) is 24.4 Å². The van der Waals surface area contributed by atoms with E-state index >= 15 is 0 Å². The minimum absolute atomic E-state index is 0.288. The topological polar surface area (TPSA) is 81.8 Å². The van der Waals surface area contributed by atoms with Gasteiger partial charge in [-0.15, -0.1) is 0 Å². The van der Waals surface area contributed by atoms with E-state index in [2.05, 4.69) is 45.3 Å². The monoisotopic (exact) mass is 436 g/mol. The number of piperidine rings is 1. The third kappa shape index (κ3) is 4.32. The molecule has 1 spiro atoms. The number of carbonyl (C=O) groups excluding carboxylic acids is 3. The average Bonchev–Trinajstić information content (AvgIpc) is 2.83. The first-order chi connectivity index (χ1) is 12.8. The van der Waals surface area contributed by atoms with Gasteiger partial charge in [-0.2, -0.15) is 0 Å². The number of likely N-dealkylation sites (tertiary alicyclic amines) is 1. The van der Waals surface area contributed by atoms with Gasteiger partial charge in [-0.1, -0.05) is 26.0 Å². The van der Waals surface area contributed by atoms with Crippen LogP contribution in [0.3, 0.4) is 0 Å². The number of anilines is 1. The minimum Gasteiger partial charge on any atom is -0.324 e. The standard InChI is InChI=1S/C19H25BrN4O3/c1-13(2)11-23-9-7-19(8-10-23)17(26)24(18(27)22-19)12-16(25)21-15-6-4-3-5-14(15)20/h3-6,13H,7-12H2,1-2H3,(H,21,25)(H,22,27). The molecule has 2 aliphatic rings. The summed E-state index contributed by atoms with van der Waals surface area (Å²) >= 11 is 3.36. The Kier molecular flexibility index (Phi) is 5.86. The molecular weight excluding hydrogens is 412 g/mol. The van der Waals surface area contributed by atoms with Crippen LogP contribution in [-0.2, 0) is 9.59 Å². The van der Waals surface area contributed by atoms with Gasteiger partial charge < -0.3 is 15.5 Å². The molecule has 2 saturated heterocycles. The molecule has 0 atom stereocenters. The number of halogens is 1. The maximum absolute atomic E-state index is 12.9. The second kappa shape index (κ2) is 7.98. The maximum atomic E-state index is 12.9. The maximum Gasteiger partial charge on any atom is 0.325 e. The van der Waals surface area contributed by atoms with Gasteiger partial charge in [0.2, 0.25) is 5.91 Å². The molecule has 3 rings (SSSR count). The summed E-state index contributed by atoms with van der Waals surface area (Å²) in [6, 6.07) is 6.71. The molecule has 2 N–H and O–H groups in total. The summed E-state index contributed by atoms with van der Waals surface area (Å²) in [6.07, 6.45) is 1.15. The Labute approximate surface area is 167 Å². The van der Waals surface area contributed by atoms with Gasteiger partial charge in [0.1, 0.15) is 12.1 Å². The molecule has 7 nitrogen and oxygen atoms in total. The third-order valence-electron chi connectivity index (χ3n) is 5.03. The summed E-state index contributed by atoms with van der Waals surface area (Å²) in [7, 11) is 0. The highest BCUT2D eigenvalue weighted by Gasteiger charge is 2.52. The van der Waals surface area contributed by atoms with Crippen LogP contribution in [0.5, 0.6) is 0 Å². The lowest BCUT2D eigenvalue weighted by atomic mass is 9.87. The predicted octanol–water partition coefficient (Wildman–Crippen LogP) is 2.43. The molecule has 0 aromatic heterocycles. The second-order valence-corrected chi connectivity index (χ2v) is 8.48. The summed E-state index contributed by atoms with van der Waals surface area (Å²) in [5.41, 5.74) is -0.260. The van der Waals surface area contributed by atoms with Crippen LogP contribution >= 0.6 is 15.9 Å². The van der Waals surface area contributed by atoms with Crippen LogP contribution in [0.15, 0.2) is 28.7 Å². The quantitative estimate of drug-likeness (QED) is 0.694. The number of benzene rings is 1. The second-order valence-electron chi connectivity index (χ2n) is 7.63. The van der Waals surface area contributed by atoms with Gasteiger partial charge in [-0.3, -0.25) is 14.5 Å². The van der Waals surface area contributed by atoms with Crippen molar-refractivity contribution in [3.05, 3.63) is 28.7 Å². The zero-order chi connectivity index (χ0) is 19.6. The molecule has 27 heavy (non-hydrogen) atoms. The van der Waals surface area contributed by atoms with E-state index in [0.717, 1.165) is 29.0 Å². The van der Waals surface area contributed by atoms with E-state index in [1.54, 1.807) is 12.1 Å². The van der Waals surface area contributed by atoms with Gasteiger partial charge in [0, 0.05) is 24.1 Å². The number of hydrogen-bond acceptors (Lipinski definition) is 4. The highest BCUT2D eigenvalue weighted by atomic mass is 79.9. The van der Waals surface area contributed by atoms with Crippen LogP contribution in [-0.4, -0.2) is 59.4 Å². The van der Waals surface area contributed by atoms with Crippen molar-refractivity contribution in [3.8, 4) is 0 Å². The first kappa shape index (κ1) is 19.8. The first-order valence-electron chi connectivity index (χ1n) is 9.21. The van der Waals surface area contributed by atoms with Crippen molar-refractivity contribution < 1.29 is 14.4 Å². The zero-order valence-corrected chi connectivity index (χ0v) is 17.2. The van der Waals surface area contributed by atoms with Crippen molar-refractivity contribution in [3.63, 3.8) is 0 Å². The van der Waals surface area contributed by atoms with Crippen LogP contribution in [0.4, 0.5) is 10.5 Å². The van der Waals surface area contributed by atoms with E-state index in [9.17, 15) is 14.4 Å². The Hall–Kier alpha value is -1.93. The molecule has 0 saturated carbocycles. The lowest BCUT2D eigenvalue weighted by Gasteiger charge is -2.37. The summed E-state index contributed by atoms with van der Waals surface area (Å²) in [5.74, 6) is -0.135. The normalized spacial score (nSPS) is 19.6. The first-order valence-corrected chi connectivity index (χ1v) is 10.0. The molecule has 8 heteroatoms. The highest BCUT2D eigenvalue weighted by molar-refractivity contribution is 9.10. The van der Waals surface area contributed by atoms with E-state index in [1.165, 1.54) is 0 Å². The number of carbonyl (C=O) groups is 3. The van der Waals surface area contributed by atoms with E-state index in [4.69, 9.17) is 0 Å². The van der Waals surface area contributed by atoms with Crippen LogP contribution in [0.2, 0.25) is 0 Å². The van der Waals surface area contributed by atoms with Crippen molar-refractivity contribution >= 4 is 39.5 Å². The molecule has 2 aliphatic heterocycles. The Balaban J connectivity index is 1.61.